The van der Waals surface area contributed by atoms with E-state index in [9.17, 15) is 14.4 Å². The molecule has 7 heteroatoms. The number of carbonyl (C=O) groups is 2. The van der Waals surface area contributed by atoms with Gasteiger partial charge in [-0.25, -0.2) is 4.79 Å². The zero-order valence-corrected chi connectivity index (χ0v) is 16.6. The van der Waals surface area contributed by atoms with Crippen LogP contribution < -0.4 is 5.43 Å². The number of aryl methyl sites for hydroxylation is 1. The summed E-state index contributed by atoms with van der Waals surface area (Å²) < 4.78 is 12.5. The van der Waals surface area contributed by atoms with Crippen LogP contribution in [0.25, 0.3) is 10.9 Å². The van der Waals surface area contributed by atoms with Gasteiger partial charge in [-0.2, -0.15) is 0 Å². The van der Waals surface area contributed by atoms with Crippen molar-refractivity contribution >= 4 is 22.7 Å². The average molecular weight is 404 g/mol. The Labute approximate surface area is 171 Å². The molecule has 0 fully saturated rings. The molecule has 0 radical (unpaired) electrons. The minimum Gasteiger partial charge on any atom is -0.467 e. The molecule has 7 nitrogen and oxygen atoms in total. The summed E-state index contributed by atoms with van der Waals surface area (Å²) in [6.45, 7) is 3.83. The number of nitrogens with zero attached hydrogens (tertiary/aromatic N) is 1. The maximum Gasteiger partial charge on any atom is 0.355 e. The van der Waals surface area contributed by atoms with E-state index in [0.717, 1.165) is 17.1 Å². The first-order valence-electron chi connectivity index (χ1n) is 9.45. The van der Waals surface area contributed by atoms with Gasteiger partial charge in [0.1, 0.15) is 11.5 Å². The van der Waals surface area contributed by atoms with E-state index in [1.54, 1.807) is 36.6 Å². The summed E-state index contributed by atoms with van der Waals surface area (Å²) in [4.78, 5) is 40.1. The Balaban J connectivity index is 1.48. The standard InChI is InChI=1S/C23H20N2O5/c1-14-10-18(15(2)25(14)12-16-6-5-9-29-16)22(27)13-30-23(28)20-11-21(26)17-7-3-4-8-19(17)24-20/h3-11H,12-13H2,1-2H3,(H,24,26). The number of pyridine rings is 1. The third kappa shape index (κ3) is 3.69. The molecule has 3 heterocycles. The number of nitrogens with one attached hydrogen (secondary N) is 1. The Hall–Kier alpha value is -3.87. The topological polar surface area (TPSA) is 94.3 Å². The molecular weight excluding hydrogens is 384 g/mol. The largest absolute Gasteiger partial charge is 0.467 e. The summed E-state index contributed by atoms with van der Waals surface area (Å²) in [5, 5.41) is 0.481. The van der Waals surface area contributed by atoms with Gasteiger partial charge in [0.25, 0.3) is 0 Å². The first-order chi connectivity index (χ1) is 14.4. The Morgan fingerprint density at radius 3 is 2.67 bits per heavy atom. The lowest BCUT2D eigenvalue weighted by molar-refractivity contribution is 0.0469. The first-order valence-corrected chi connectivity index (χ1v) is 9.45. The molecule has 152 valence electrons. The van der Waals surface area contributed by atoms with Crippen LogP contribution in [0.4, 0.5) is 0 Å². The van der Waals surface area contributed by atoms with E-state index < -0.39 is 12.6 Å². The molecule has 4 rings (SSSR count). The second kappa shape index (κ2) is 7.87. The van der Waals surface area contributed by atoms with Gasteiger partial charge >= 0.3 is 5.97 Å². The number of fused-ring (bicyclic) bond motifs is 1. The smallest absolute Gasteiger partial charge is 0.355 e. The monoisotopic (exact) mass is 404 g/mol. The van der Waals surface area contributed by atoms with Crippen molar-refractivity contribution in [1.29, 1.82) is 0 Å². The molecule has 0 saturated carbocycles. The van der Waals surface area contributed by atoms with Crippen LogP contribution in [0.15, 0.2) is 64.0 Å². The minimum atomic E-state index is -0.754. The number of ketones is 1. The van der Waals surface area contributed by atoms with Crippen LogP contribution >= 0.6 is 0 Å². The molecule has 1 N–H and O–H groups in total. The zero-order chi connectivity index (χ0) is 21.3. The van der Waals surface area contributed by atoms with E-state index >= 15 is 0 Å². The third-order valence-electron chi connectivity index (χ3n) is 5.06. The predicted octanol–water partition coefficient (Wildman–Crippen LogP) is 3.63. The van der Waals surface area contributed by atoms with Crippen LogP contribution in [0.3, 0.4) is 0 Å². The second-order valence-corrected chi connectivity index (χ2v) is 7.04. The molecular formula is C23H20N2O5. The van der Waals surface area contributed by atoms with E-state index in [1.165, 1.54) is 6.07 Å². The first kappa shape index (κ1) is 19.4. The van der Waals surface area contributed by atoms with Crippen LogP contribution in [0.5, 0.6) is 0 Å². The van der Waals surface area contributed by atoms with Gasteiger partial charge in [-0.1, -0.05) is 12.1 Å². The summed E-state index contributed by atoms with van der Waals surface area (Å²) in [6.07, 6.45) is 1.60. The zero-order valence-electron chi connectivity index (χ0n) is 16.6. The van der Waals surface area contributed by atoms with Gasteiger partial charge in [-0.3, -0.25) is 9.59 Å². The fourth-order valence-corrected chi connectivity index (χ4v) is 3.48. The highest BCUT2D eigenvalue weighted by Gasteiger charge is 2.19. The number of hydrogen-bond donors (Lipinski definition) is 1. The van der Waals surface area contributed by atoms with E-state index in [-0.39, 0.29) is 16.9 Å². The summed E-state index contributed by atoms with van der Waals surface area (Å²) in [5.41, 5.74) is 2.41. The molecule has 0 aliphatic carbocycles. The molecule has 0 saturated heterocycles. The van der Waals surface area contributed by atoms with Crippen molar-refractivity contribution in [3.63, 3.8) is 0 Å². The van der Waals surface area contributed by atoms with Gasteiger partial charge in [0.2, 0.25) is 5.78 Å². The number of furan rings is 1. The summed E-state index contributed by atoms with van der Waals surface area (Å²) in [6, 6.07) is 13.5. The van der Waals surface area contributed by atoms with E-state index in [0.29, 0.717) is 23.0 Å². The maximum absolute atomic E-state index is 12.7. The number of aromatic amines is 1. The molecule has 0 amide bonds. The number of benzene rings is 1. The number of rotatable bonds is 6. The SMILES string of the molecule is Cc1cc(C(=O)COC(=O)c2cc(=O)c3ccccc3[nH]2)c(C)n1Cc1ccco1. The summed E-state index contributed by atoms with van der Waals surface area (Å²) >= 11 is 0. The number of aromatic nitrogens is 2. The van der Waals surface area contributed by atoms with E-state index in [4.69, 9.17) is 9.15 Å². The van der Waals surface area contributed by atoms with Gasteiger partial charge in [-0.05, 0) is 44.2 Å². The van der Waals surface area contributed by atoms with Crippen molar-refractivity contribution in [3.05, 3.63) is 93.4 Å². The maximum atomic E-state index is 12.7. The molecule has 30 heavy (non-hydrogen) atoms. The highest BCUT2D eigenvalue weighted by molar-refractivity contribution is 6.00. The Kier molecular flexibility index (Phi) is 5.10. The third-order valence-corrected chi connectivity index (χ3v) is 5.06. The van der Waals surface area contributed by atoms with Crippen molar-refractivity contribution in [1.82, 2.24) is 9.55 Å². The van der Waals surface area contributed by atoms with Gasteiger partial charge in [0, 0.05) is 33.9 Å². The quantitative estimate of drug-likeness (QED) is 0.391. The highest BCUT2D eigenvalue weighted by atomic mass is 16.5. The molecule has 0 aliphatic rings. The number of H-pyrrole nitrogens is 1. The van der Waals surface area contributed by atoms with Crippen molar-refractivity contribution in [3.8, 4) is 0 Å². The van der Waals surface area contributed by atoms with Crippen molar-refractivity contribution in [2.45, 2.75) is 20.4 Å². The summed E-state index contributed by atoms with van der Waals surface area (Å²) in [7, 11) is 0. The van der Waals surface area contributed by atoms with Crippen molar-refractivity contribution in [2.75, 3.05) is 6.61 Å². The fourth-order valence-electron chi connectivity index (χ4n) is 3.48. The normalized spacial score (nSPS) is 11.0. The number of para-hydroxylation sites is 1. The molecule has 0 atom stereocenters. The number of carbonyl (C=O) groups excluding carboxylic acids is 2. The molecule has 0 aliphatic heterocycles. The van der Waals surface area contributed by atoms with Gasteiger partial charge in [-0.15, -0.1) is 0 Å². The van der Waals surface area contributed by atoms with Crippen LogP contribution in [0.1, 0.15) is 38.0 Å². The van der Waals surface area contributed by atoms with Crippen LogP contribution in [0, 0.1) is 13.8 Å². The van der Waals surface area contributed by atoms with Gasteiger partial charge in [0.05, 0.1) is 12.8 Å². The Bertz CT molecular complexity index is 1300. The van der Waals surface area contributed by atoms with Crippen molar-refractivity contribution < 1.29 is 18.7 Å². The number of ether oxygens (including phenoxy) is 1. The Morgan fingerprint density at radius 1 is 1.10 bits per heavy atom. The number of hydrogen-bond acceptors (Lipinski definition) is 5. The van der Waals surface area contributed by atoms with Crippen LogP contribution in [-0.4, -0.2) is 27.9 Å². The fraction of sp³-hybridized carbons (Fsp3) is 0.174. The molecule has 1 aromatic carbocycles. The van der Waals surface area contributed by atoms with Gasteiger partial charge < -0.3 is 18.7 Å². The number of Topliss-reactive ketones (excluding diaryl/α,β-unsaturated/α-hetero) is 1. The second-order valence-electron chi connectivity index (χ2n) is 7.04. The summed E-state index contributed by atoms with van der Waals surface area (Å²) in [5.74, 6) is -0.289. The molecule has 4 aromatic rings. The molecule has 0 unspecified atom stereocenters. The van der Waals surface area contributed by atoms with E-state index in [2.05, 4.69) is 4.98 Å². The molecule has 0 bridgehead atoms. The van der Waals surface area contributed by atoms with E-state index in [1.807, 2.05) is 30.5 Å². The average Bonchev–Trinajstić information content (AvgIpc) is 3.35. The highest BCUT2D eigenvalue weighted by Crippen LogP contribution is 2.18. The van der Waals surface area contributed by atoms with Crippen LogP contribution in [0.2, 0.25) is 0 Å². The minimum absolute atomic E-state index is 0.00907. The lowest BCUT2D eigenvalue weighted by atomic mass is 10.1. The van der Waals surface area contributed by atoms with Gasteiger partial charge in [0.15, 0.2) is 12.0 Å². The predicted molar refractivity (Wildman–Crippen MR) is 111 cm³/mol. The Morgan fingerprint density at radius 2 is 1.90 bits per heavy atom. The number of esters is 1. The lowest BCUT2D eigenvalue weighted by Gasteiger charge is -2.08. The lowest BCUT2D eigenvalue weighted by Crippen LogP contribution is -2.17. The molecule has 0 spiro atoms. The molecule has 3 aromatic heterocycles. The van der Waals surface area contributed by atoms with Crippen molar-refractivity contribution in [2.24, 2.45) is 0 Å². The van der Waals surface area contributed by atoms with Crippen LogP contribution in [-0.2, 0) is 11.3 Å².